The number of nitrogens with zero attached hydrogens (tertiary/aromatic N) is 1. The zero-order chi connectivity index (χ0) is 20.0. The molecule has 1 aliphatic heterocycles. The molecule has 7 nitrogen and oxygen atoms in total. The van der Waals surface area contributed by atoms with Crippen molar-refractivity contribution < 1.29 is 27.4 Å². The van der Waals surface area contributed by atoms with Crippen LogP contribution in [0, 0.1) is 0 Å². The molecule has 0 amide bonds. The topological polar surface area (TPSA) is 82.1 Å². The second kappa shape index (κ2) is 9.54. The van der Waals surface area contributed by atoms with Crippen LogP contribution in [0.3, 0.4) is 0 Å². The molecule has 1 heterocycles. The quantitative estimate of drug-likeness (QED) is 0.531. The van der Waals surface area contributed by atoms with E-state index in [4.69, 9.17) is 14.2 Å². The first kappa shape index (κ1) is 20.8. The summed E-state index contributed by atoms with van der Waals surface area (Å²) in [6, 6.07) is 4.83. The number of ether oxygens (including phenoxy) is 3. The summed E-state index contributed by atoms with van der Waals surface area (Å²) >= 11 is 0. The van der Waals surface area contributed by atoms with E-state index in [9.17, 15) is 13.2 Å². The van der Waals surface area contributed by atoms with Crippen molar-refractivity contribution in [3.63, 3.8) is 0 Å². The van der Waals surface area contributed by atoms with Gasteiger partial charge in [-0.3, -0.25) is 0 Å². The monoisotopic (exact) mass is 409 g/mol. The Hall–Kier alpha value is -1.90. The molecule has 0 unspecified atom stereocenters. The lowest BCUT2D eigenvalue weighted by Crippen LogP contribution is -2.40. The first-order valence-corrected chi connectivity index (χ1v) is 11.1. The normalized spacial score (nSPS) is 19.6. The van der Waals surface area contributed by atoms with Crippen molar-refractivity contribution in [2.45, 2.75) is 43.1 Å². The number of sulfonamides is 1. The van der Waals surface area contributed by atoms with Gasteiger partial charge in [-0.25, -0.2) is 13.2 Å². The van der Waals surface area contributed by atoms with Crippen LogP contribution in [0.4, 0.5) is 0 Å². The van der Waals surface area contributed by atoms with E-state index in [-0.39, 0.29) is 16.7 Å². The summed E-state index contributed by atoms with van der Waals surface area (Å²) in [5, 5.41) is 0. The summed E-state index contributed by atoms with van der Waals surface area (Å²) in [4.78, 5) is 12.1. The second-order valence-electron chi connectivity index (χ2n) is 6.96. The third kappa shape index (κ3) is 5.12. The van der Waals surface area contributed by atoms with Crippen LogP contribution in [0.5, 0.6) is 5.75 Å². The van der Waals surface area contributed by atoms with E-state index in [1.54, 1.807) is 18.2 Å². The molecule has 0 bridgehead atoms. The molecule has 154 valence electrons. The molecule has 0 spiro atoms. The van der Waals surface area contributed by atoms with Crippen LogP contribution in [-0.4, -0.2) is 58.2 Å². The van der Waals surface area contributed by atoms with Crippen LogP contribution < -0.4 is 4.74 Å². The lowest BCUT2D eigenvalue weighted by molar-refractivity contribution is -0.144. The molecular formula is C20H27NO6S. The first-order valence-electron chi connectivity index (χ1n) is 9.65. The van der Waals surface area contributed by atoms with E-state index in [0.29, 0.717) is 31.9 Å². The van der Waals surface area contributed by atoms with E-state index in [2.05, 4.69) is 0 Å². The first-order chi connectivity index (χ1) is 13.5. The van der Waals surface area contributed by atoms with Crippen LogP contribution in [0.1, 0.15) is 37.7 Å². The van der Waals surface area contributed by atoms with Crippen molar-refractivity contribution in [1.29, 1.82) is 0 Å². The minimum atomic E-state index is -3.71. The smallest absolute Gasteiger partial charge is 0.331 e. The number of carbonyl (C=O) groups excluding carboxylic acids is 1. The molecule has 1 aromatic rings. The molecular weight excluding hydrogens is 382 g/mol. The van der Waals surface area contributed by atoms with Gasteiger partial charge in [-0.15, -0.1) is 0 Å². The summed E-state index contributed by atoms with van der Waals surface area (Å²) in [7, 11) is -2.28. The number of morpholine rings is 1. The molecule has 2 aliphatic rings. The van der Waals surface area contributed by atoms with Gasteiger partial charge in [-0.1, -0.05) is 12.5 Å². The van der Waals surface area contributed by atoms with Gasteiger partial charge in [-0.05, 0) is 49.5 Å². The van der Waals surface area contributed by atoms with E-state index in [1.165, 1.54) is 30.0 Å². The molecule has 1 aliphatic carbocycles. The summed E-state index contributed by atoms with van der Waals surface area (Å²) in [6.45, 7) is 1.35. The average molecular weight is 410 g/mol. The summed E-state index contributed by atoms with van der Waals surface area (Å²) < 4.78 is 43.3. The SMILES string of the molecule is COc1ccc(/C=C/C(=O)OC2CCCCC2)cc1S(=O)(=O)N1CCOCC1. The van der Waals surface area contributed by atoms with Gasteiger partial charge in [0, 0.05) is 19.2 Å². The number of hydrogen-bond acceptors (Lipinski definition) is 6. The molecule has 1 aromatic carbocycles. The highest BCUT2D eigenvalue weighted by molar-refractivity contribution is 7.89. The van der Waals surface area contributed by atoms with Gasteiger partial charge in [0.15, 0.2) is 0 Å². The molecule has 1 saturated carbocycles. The highest BCUT2D eigenvalue weighted by atomic mass is 32.2. The van der Waals surface area contributed by atoms with Crippen LogP contribution >= 0.6 is 0 Å². The average Bonchev–Trinajstić information content (AvgIpc) is 2.73. The third-order valence-corrected chi connectivity index (χ3v) is 6.94. The van der Waals surface area contributed by atoms with Crippen molar-refractivity contribution >= 4 is 22.1 Å². The Bertz CT molecular complexity index is 808. The van der Waals surface area contributed by atoms with Gasteiger partial charge in [0.2, 0.25) is 10.0 Å². The maximum Gasteiger partial charge on any atom is 0.331 e. The van der Waals surface area contributed by atoms with Crippen molar-refractivity contribution in [3.8, 4) is 5.75 Å². The summed E-state index contributed by atoms with van der Waals surface area (Å²) in [5.41, 5.74) is 0.591. The Morgan fingerprint density at radius 3 is 2.57 bits per heavy atom. The molecule has 0 aromatic heterocycles. The van der Waals surface area contributed by atoms with Crippen LogP contribution in [0.25, 0.3) is 6.08 Å². The standard InChI is InChI=1S/C20H27NO6S/c1-25-18-9-7-16(8-10-20(22)27-17-5-3-2-4-6-17)15-19(18)28(23,24)21-11-13-26-14-12-21/h7-10,15,17H,2-6,11-14H2,1H3/b10-8+. The molecule has 8 heteroatoms. The molecule has 28 heavy (non-hydrogen) atoms. The fourth-order valence-corrected chi connectivity index (χ4v) is 5.07. The zero-order valence-electron chi connectivity index (χ0n) is 16.1. The molecule has 0 N–H and O–H groups in total. The predicted molar refractivity (Wildman–Crippen MR) is 105 cm³/mol. The summed E-state index contributed by atoms with van der Waals surface area (Å²) in [6.07, 6.45) is 8.08. The number of rotatable bonds is 6. The predicted octanol–water partition coefficient (Wildman–Crippen LogP) is 2.61. The molecule has 0 radical (unpaired) electrons. The van der Waals surface area contributed by atoms with Gasteiger partial charge >= 0.3 is 5.97 Å². The molecule has 0 atom stereocenters. The maximum absolute atomic E-state index is 13.0. The van der Waals surface area contributed by atoms with E-state index < -0.39 is 16.0 Å². The van der Waals surface area contributed by atoms with Gasteiger partial charge in [-0.2, -0.15) is 4.31 Å². The van der Waals surface area contributed by atoms with E-state index in [0.717, 1.165) is 25.7 Å². The van der Waals surface area contributed by atoms with Crippen molar-refractivity contribution in [3.05, 3.63) is 29.8 Å². The van der Waals surface area contributed by atoms with Crippen LogP contribution in [0.15, 0.2) is 29.2 Å². The second-order valence-corrected chi connectivity index (χ2v) is 8.86. The van der Waals surface area contributed by atoms with Gasteiger partial charge in [0.1, 0.15) is 16.7 Å². The lowest BCUT2D eigenvalue weighted by atomic mass is 9.98. The highest BCUT2D eigenvalue weighted by Gasteiger charge is 2.29. The number of hydrogen-bond donors (Lipinski definition) is 0. The highest BCUT2D eigenvalue weighted by Crippen LogP contribution is 2.29. The van der Waals surface area contributed by atoms with Crippen LogP contribution in [-0.2, 0) is 24.3 Å². The Balaban J connectivity index is 1.75. The number of methoxy groups -OCH3 is 1. The Morgan fingerprint density at radius 2 is 1.89 bits per heavy atom. The Labute approximate surface area is 166 Å². The molecule has 2 fully saturated rings. The molecule has 1 saturated heterocycles. The largest absolute Gasteiger partial charge is 0.495 e. The van der Waals surface area contributed by atoms with Crippen molar-refractivity contribution in [2.75, 3.05) is 33.4 Å². The van der Waals surface area contributed by atoms with Crippen molar-refractivity contribution in [1.82, 2.24) is 4.31 Å². The minimum Gasteiger partial charge on any atom is -0.495 e. The maximum atomic E-state index is 13.0. The van der Waals surface area contributed by atoms with E-state index >= 15 is 0 Å². The Morgan fingerprint density at radius 1 is 1.18 bits per heavy atom. The number of carbonyl (C=O) groups is 1. The van der Waals surface area contributed by atoms with Crippen molar-refractivity contribution in [2.24, 2.45) is 0 Å². The summed E-state index contributed by atoms with van der Waals surface area (Å²) in [5.74, 6) is -0.131. The fraction of sp³-hybridized carbons (Fsp3) is 0.550. The lowest BCUT2D eigenvalue weighted by Gasteiger charge is -2.26. The number of esters is 1. The number of benzene rings is 1. The van der Waals surface area contributed by atoms with Gasteiger partial charge in [0.05, 0.1) is 20.3 Å². The fourth-order valence-electron chi connectivity index (χ4n) is 3.48. The minimum absolute atomic E-state index is 0.0148. The Kier molecular flexibility index (Phi) is 7.09. The van der Waals surface area contributed by atoms with E-state index in [1.807, 2.05) is 0 Å². The zero-order valence-corrected chi connectivity index (χ0v) is 16.9. The molecule has 3 rings (SSSR count). The van der Waals surface area contributed by atoms with Crippen LogP contribution in [0.2, 0.25) is 0 Å². The third-order valence-electron chi connectivity index (χ3n) is 5.02. The van der Waals surface area contributed by atoms with Gasteiger partial charge in [0.25, 0.3) is 0 Å². The van der Waals surface area contributed by atoms with Gasteiger partial charge < -0.3 is 14.2 Å².